The van der Waals surface area contributed by atoms with Gasteiger partial charge in [0.1, 0.15) is 0 Å². The highest BCUT2D eigenvalue weighted by atomic mass is 16.1. The number of hydrogen-bond donors (Lipinski definition) is 0. The van der Waals surface area contributed by atoms with Crippen molar-refractivity contribution in [1.29, 1.82) is 0 Å². The molecule has 92 valence electrons. The van der Waals surface area contributed by atoms with Gasteiger partial charge in [-0.15, -0.1) is 0 Å². The number of hydrogen-bond acceptors (Lipinski definition) is 4. The minimum Gasteiger partial charge on any atom is -0.211 e. The van der Waals surface area contributed by atoms with Gasteiger partial charge in [-0.2, -0.15) is 9.98 Å². The van der Waals surface area contributed by atoms with Crippen molar-refractivity contribution in [1.82, 2.24) is 0 Å². The molecule has 0 unspecified atom stereocenters. The van der Waals surface area contributed by atoms with Crippen LogP contribution in [0.15, 0.2) is 22.1 Å². The van der Waals surface area contributed by atoms with Crippen molar-refractivity contribution < 1.29 is 9.59 Å². The van der Waals surface area contributed by atoms with Gasteiger partial charge in [-0.05, 0) is 42.9 Å². The summed E-state index contributed by atoms with van der Waals surface area (Å²) in [6.07, 6.45) is 7.75. The van der Waals surface area contributed by atoms with E-state index < -0.39 is 0 Å². The van der Waals surface area contributed by atoms with Crippen LogP contribution in [0.3, 0.4) is 0 Å². The van der Waals surface area contributed by atoms with Gasteiger partial charge >= 0.3 is 0 Å². The standard InChI is InChI=1S/C14H14N2O2/c1-10-6-12(11-4-2-3-5-11)14(16-9-18)7-13(10)15-8-17/h6-7,11H,2-5H2,1H3. The molecule has 0 N–H and O–H groups in total. The summed E-state index contributed by atoms with van der Waals surface area (Å²) >= 11 is 0. The van der Waals surface area contributed by atoms with E-state index >= 15 is 0 Å². The van der Waals surface area contributed by atoms with Crippen molar-refractivity contribution in [2.75, 3.05) is 0 Å². The fraction of sp³-hybridized carbons (Fsp3) is 0.429. The molecule has 1 fully saturated rings. The molecule has 1 aromatic carbocycles. The molecule has 0 radical (unpaired) electrons. The third kappa shape index (κ3) is 2.45. The van der Waals surface area contributed by atoms with E-state index in [1.807, 2.05) is 13.0 Å². The average molecular weight is 242 g/mol. The van der Waals surface area contributed by atoms with Crippen LogP contribution in [0.4, 0.5) is 11.4 Å². The number of aliphatic imine (C=N–C) groups is 2. The first-order chi connectivity index (χ1) is 8.76. The normalized spacial score (nSPS) is 14.9. The van der Waals surface area contributed by atoms with Gasteiger partial charge in [0.2, 0.25) is 12.2 Å². The van der Waals surface area contributed by atoms with E-state index in [1.54, 1.807) is 12.1 Å². The zero-order chi connectivity index (χ0) is 13.0. The highest BCUT2D eigenvalue weighted by Crippen LogP contribution is 2.41. The average Bonchev–Trinajstić information content (AvgIpc) is 2.87. The van der Waals surface area contributed by atoms with Gasteiger partial charge in [0.05, 0.1) is 11.4 Å². The molecule has 0 bridgehead atoms. The Morgan fingerprint density at radius 2 is 1.67 bits per heavy atom. The maximum absolute atomic E-state index is 10.5. The van der Waals surface area contributed by atoms with Gasteiger partial charge in [-0.1, -0.05) is 18.9 Å². The van der Waals surface area contributed by atoms with Gasteiger partial charge in [0, 0.05) is 0 Å². The van der Waals surface area contributed by atoms with Crippen molar-refractivity contribution in [2.24, 2.45) is 9.98 Å². The summed E-state index contributed by atoms with van der Waals surface area (Å²) in [7, 11) is 0. The maximum atomic E-state index is 10.5. The second kappa shape index (κ2) is 5.54. The van der Waals surface area contributed by atoms with E-state index in [0.29, 0.717) is 17.3 Å². The van der Waals surface area contributed by atoms with Crippen LogP contribution in [-0.2, 0) is 9.59 Å². The summed E-state index contributed by atoms with van der Waals surface area (Å²) in [4.78, 5) is 28.2. The zero-order valence-corrected chi connectivity index (χ0v) is 10.3. The summed E-state index contributed by atoms with van der Waals surface area (Å²) in [5, 5.41) is 0. The first-order valence-corrected chi connectivity index (χ1v) is 6.06. The van der Waals surface area contributed by atoms with Gasteiger partial charge in [-0.3, -0.25) is 0 Å². The van der Waals surface area contributed by atoms with E-state index in [1.165, 1.54) is 18.9 Å². The van der Waals surface area contributed by atoms with E-state index in [4.69, 9.17) is 0 Å². The van der Waals surface area contributed by atoms with Crippen LogP contribution in [0, 0.1) is 6.92 Å². The Morgan fingerprint density at radius 1 is 1.06 bits per heavy atom. The summed E-state index contributed by atoms with van der Waals surface area (Å²) in [6, 6.07) is 3.64. The Bertz CT molecular complexity index is 547. The molecule has 0 heterocycles. The number of benzene rings is 1. The summed E-state index contributed by atoms with van der Waals surface area (Å²) in [6.45, 7) is 1.89. The highest BCUT2D eigenvalue weighted by Gasteiger charge is 2.21. The summed E-state index contributed by atoms with van der Waals surface area (Å²) in [5.74, 6) is 0.449. The quantitative estimate of drug-likeness (QED) is 0.600. The Hall–Kier alpha value is -2.02. The van der Waals surface area contributed by atoms with Crippen LogP contribution in [0.1, 0.15) is 42.7 Å². The number of carbonyl (C=O) groups excluding carboxylic acids is 2. The van der Waals surface area contributed by atoms with Crippen molar-refractivity contribution >= 4 is 23.5 Å². The molecule has 1 aromatic rings. The van der Waals surface area contributed by atoms with Gasteiger partial charge in [-0.25, -0.2) is 9.59 Å². The number of aryl methyl sites for hydroxylation is 1. The second-order valence-corrected chi connectivity index (χ2v) is 4.59. The predicted molar refractivity (Wildman–Crippen MR) is 68.0 cm³/mol. The molecule has 0 spiro atoms. The molecule has 0 amide bonds. The molecule has 0 saturated heterocycles. The van der Waals surface area contributed by atoms with Gasteiger partial charge < -0.3 is 0 Å². The lowest BCUT2D eigenvalue weighted by molar-refractivity contribution is 0.564. The number of nitrogens with zero attached hydrogens (tertiary/aromatic N) is 2. The Balaban J connectivity index is 2.53. The molecule has 0 aromatic heterocycles. The fourth-order valence-electron chi connectivity index (χ4n) is 2.59. The largest absolute Gasteiger partial charge is 0.240 e. The third-order valence-electron chi connectivity index (χ3n) is 3.47. The Kier molecular flexibility index (Phi) is 3.83. The Labute approximate surface area is 105 Å². The van der Waals surface area contributed by atoms with Gasteiger partial charge in [0.25, 0.3) is 0 Å². The number of rotatable bonds is 3. The van der Waals surface area contributed by atoms with Crippen molar-refractivity contribution in [3.63, 3.8) is 0 Å². The highest BCUT2D eigenvalue weighted by molar-refractivity contribution is 5.66. The smallest absolute Gasteiger partial charge is 0.211 e. The molecule has 1 aliphatic carbocycles. The first kappa shape index (κ1) is 12.4. The van der Waals surface area contributed by atoms with E-state index in [9.17, 15) is 9.59 Å². The fourth-order valence-corrected chi connectivity index (χ4v) is 2.59. The van der Waals surface area contributed by atoms with Crippen molar-refractivity contribution in [3.05, 3.63) is 23.3 Å². The lowest BCUT2D eigenvalue weighted by atomic mass is 9.94. The number of isocyanates is 2. The lowest BCUT2D eigenvalue weighted by Gasteiger charge is -2.13. The van der Waals surface area contributed by atoms with E-state index in [-0.39, 0.29) is 0 Å². The molecule has 4 heteroatoms. The molecular formula is C14H14N2O2. The molecule has 1 saturated carbocycles. The molecule has 4 nitrogen and oxygen atoms in total. The summed E-state index contributed by atoms with van der Waals surface area (Å²) < 4.78 is 0. The van der Waals surface area contributed by atoms with Crippen LogP contribution in [0.25, 0.3) is 0 Å². The molecule has 1 aliphatic rings. The van der Waals surface area contributed by atoms with Crippen molar-refractivity contribution in [3.8, 4) is 0 Å². The third-order valence-corrected chi connectivity index (χ3v) is 3.47. The second-order valence-electron chi connectivity index (χ2n) is 4.59. The molecule has 18 heavy (non-hydrogen) atoms. The maximum Gasteiger partial charge on any atom is 0.240 e. The van der Waals surface area contributed by atoms with Gasteiger partial charge in [0.15, 0.2) is 0 Å². The predicted octanol–water partition coefficient (Wildman–Crippen LogP) is 3.59. The van der Waals surface area contributed by atoms with E-state index in [2.05, 4.69) is 9.98 Å². The first-order valence-electron chi connectivity index (χ1n) is 6.06. The summed E-state index contributed by atoms with van der Waals surface area (Å²) in [5.41, 5.74) is 3.07. The minimum atomic E-state index is 0.449. The zero-order valence-electron chi connectivity index (χ0n) is 10.3. The van der Waals surface area contributed by atoms with E-state index in [0.717, 1.165) is 24.0 Å². The SMILES string of the molecule is Cc1cc(C2CCCC2)c(N=C=O)cc1N=C=O. The molecule has 2 rings (SSSR count). The monoisotopic (exact) mass is 242 g/mol. The molecular weight excluding hydrogens is 228 g/mol. The van der Waals surface area contributed by atoms with Crippen LogP contribution in [-0.4, -0.2) is 12.2 Å². The van der Waals surface area contributed by atoms with Crippen LogP contribution >= 0.6 is 0 Å². The molecule has 0 atom stereocenters. The minimum absolute atomic E-state index is 0.449. The molecule has 0 aliphatic heterocycles. The van der Waals surface area contributed by atoms with Crippen LogP contribution < -0.4 is 0 Å². The van der Waals surface area contributed by atoms with Crippen LogP contribution in [0.5, 0.6) is 0 Å². The van der Waals surface area contributed by atoms with Crippen LogP contribution in [0.2, 0.25) is 0 Å². The van der Waals surface area contributed by atoms with Crippen molar-refractivity contribution in [2.45, 2.75) is 38.5 Å². The topological polar surface area (TPSA) is 58.9 Å². The lowest BCUT2D eigenvalue weighted by Crippen LogP contribution is -1.94. The Morgan fingerprint density at radius 3 is 2.28 bits per heavy atom.